The Morgan fingerprint density at radius 3 is 2.39 bits per heavy atom. The molecule has 1 aromatic heterocycles. The number of oxazole rings is 1. The van der Waals surface area contributed by atoms with Gasteiger partial charge in [-0.05, 0) is 0 Å². The van der Waals surface area contributed by atoms with Crippen molar-refractivity contribution in [3.05, 3.63) is 12.0 Å². The fourth-order valence-corrected chi connectivity index (χ4v) is 2.00. The number of amides is 1. The van der Waals surface area contributed by atoms with Crippen molar-refractivity contribution in [2.45, 2.75) is 46.3 Å². The van der Waals surface area contributed by atoms with Gasteiger partial charge in [-0.2, -0.15) is 0 Å². The summed E-state index contributed by atoms with van der Waals surface area (Å²) in [5.74, 6) is 0.217. The third kappa shape index (κ3) is 1.92. The van der Waals surface area contributed by atoms with E-state index in [1.54, 1.807) is 6.20 Å². The molecular weight excluding hydrogens is 232 g/mol. The van der Waals surface area contributed by atoms with Gasteiger partial charge in [0.1, 0.15) is 12.0 Å². The second-order valence-corrected chi connectivity index (χ2v) is 6.03. The maximum atomic E-state index is 12.1. The lowest BCUT2D eigenvalue weighted by atomic mass is 9.94. The van der Waals surface area contributed by atoms with Crippen LogP contribution in [-0.2, 0) is 10.2 Å². The summed E-state index contributed by atoms with van der Waals surface area (Å²) in [6.45, 7) is 9.67. The normalized spacial score (nSPS) is 29.1. The summed E-state index contributed by atoms with van der Waals surface area (Å²) in [6.07, 6.45) is 0.752. The molecule has 5 heteroatoms. The predicted molar refractivity (Wildman–Crippen MR) is 67.0 cm³/mol. The van der Waals surface area contributed by atoms with Crippen molar-refractivity contribution in [3.63, 3.8) is 0 Å². The first-order chi connectivity index (χ1) is 8.23. The van der Waals surface area contributed by atoms with E-state index in [9.17, 15) is 9.90 Å². The molecule has 5 nitrogen and oxygen atoms in total. The molecule has 1 amide bonds. The number of aliphatic hydroxyl groups is 1. The van der Waals surface area contributed by atoms with Crippen molar-refractivity contribution < 1.29 is 14.3 Å². The van der Waals surface area contributed by atoms with Gasteiger partial charge in [0.25, 0.3) is 0 Å². The van der Waals surface area contributed by atoms with E-state index in [0.29, 0.717) is 5.76 Å². The minimum Gasteiger partial charge on any atom is -0.428 e. The molecule has 0 radical (unpaired) electrons. The van der Waals surface area contributed by atoms with Gasteiger partial charge < -0.3 is 9.52 Å². The Morgan fingerprint density at radius 2 is 2.00 bits per heavy atom. The minimum absolute atomic E-state index is 0.123. The van der Waals surface area contributed by atoms with Crippen molar-refractivity contribution in [3.8, 4) is 0 Å². The monoisotopic (exact) mass is 252 g/mol. The van der Waals surface area contributed by atoms with Crippen LogP contribution < -0.4 is 4.90 Å². The van der Waals surface area contributed by atoms with Crippen molar-refractivity contribution in [1.82, 2.24) is 4.98 Å². The van der Waals surface area contributed by atoms with Crippen molar-refractivity contribution in [1.29, 1.82) is 0 Å². The van der Waals surface area contributed by atoms with E-state index < -0.39 is 6.23 Å². The Labute approximate surface area is 107 Å². The Kier molecular flexibility index (Phi) is 2.97. The van der Waals surface area contributed by atoms with Gasteiger partial charge in [-0.3, -0.25) is 4.79 Å². The average Bonchev–Trinajstić information content (AvgIpc) is 2.81. The topological polar surface area (TPSA) is 66.6 Å². The van der Waals surface area contributed by atoms with Crippen LogP contribution in [0.4, 0.5) is 6.01 Å². The highest BCUT2D eigenvalue weighted by Gasteiger charge is 2.45. The number of rotatable bonds is 1. The zero-order chi connectivity index (χ0) is 13.7. The fourth-order valence-electron chi connectivity index (χ4n) is 2.00. The molecule has 18 heavy (non-hydrogen) atoms. The second-order valence-electron chi connectivity index (χ2n) is 6.03. The molecule has 2 heterocycles. The highest BCUT2D eigenvalue weighted by Crippen LogP contribution is 2.34. The summed E-state index contributed by atoms with van der Waals surface area (Å²) in [6, 6.07) is 0.189. The Morgan fingerprint density at radius 1 is 1.39 bits per heavy atom. The lowest BCUT2D eigenvalue weighted by Crippen LogP contribution is -2.35. The molecule has 1 saturated heterocycles. The largest absolute Gasteiger partial charge is 0.428 e. The van der Waals surface area contributed by atoms with Crippen molar-refractivity contribution in [2.24, 2.45) is 11.8 Å². The molecule has 0 spiro atoms. The predicted octanol–water partition coefficient (Wildman–Crippen LogP) is 1.91. The van der Waals surface area contributed by atoms with E-state index in [4.69, 9.17) is 4.42 Å². The van der Waals surface area contributed by atoms with Gasteiger partial charge in [0.2, 0.25) is 5.91 Å². The molecule has 1 aliphatic heterocycles. The van der Waals surface area contributed by atoms with Crippen molar-refractivity contribution >= 4 is 11.9 Å². The zero-order valence-electron chi connectivity index (χ0n) is 11.5. The summed E-state index contributed by atoms with van der Waals surface area (Å²) in [5.41, 5.74) is -0.170. The molecule has 1 aromatic rings. The molecule has 100 valence electrons. The van der Waals surface area contributed by atoms with E-state index in [2.05, 4.69) is 4.98 Å². The molecule has 1 fully saturated rings. The Balaban J connectivity index is 2.33. The number of hydrogen-bond acceptors (Lipinski definition) is 4. The van der Waals surface area contributed by atoms with E-state index >= 15 is 0 Å². The van der Waals surface area contributed by atoms with Crippen LogP contribution in [0.25, 0.3) is 0 Å². The maximum Gasteiger partial charge on any atom is 0.306 e. The molecule has 0 bridgehead atoms. The second kappa shape index (κ2) is 4.09. The summed E-state index contributed by atoms with van der Waals surface area (Å²) >= 11 is 0. The highest BCUT2D eigenvalue weighted by atomic mass is 16.4. The molecule has 3 atom stereocenters. The van der Waals surface area contributed by atoms with Gasteiger partial charge in [0.15, 0.2) is 0 Å². The molecule has 0 aromatic carbocycles. The smallest absolute Gasteiger partial charge is 0.306 e. The Bertz CT molecular complexity index is 461. The summed E-state index contributed by atoms with van der Waals surface area (Å²) < 4.78 is 5.60. The van der Waals surface area contributed by atoms with Gasteiger partial charge in [0, 0.05) is 17.3 Å². The molecule has 1 aliphatic rings. The van der Waals surface area contributed by atoms with E-state index in [0.717, 1.165) is 0 Å². The number of carbonyl (C=O) groups is 1. The summed E-state index contributed by atoms with van der Waals surface area (Å²) in [5, 5.41) is 10.1. The average molecular weight is 252 g/mol. The first kappa shape index (κ1) is 13.1. The van der Waals surface area contributed by atoms with E-state index in [1.807, 2.05) is 34.6 Å². The summed E-state index contributed by atoms with van der Waals surface area (Å²) in [4.78, 5) is 17.4. The molecular formula is C13H20N2O3. The van der Waals surface area contributed by atoms with Crippen LogP contribution in [0.2, 0.25) is 0 Å². The number of carbonyl (C=O) groups excluding carboxylic acids is 1. The quantitative estimate of drug-likeness (QED) is 0.829. The third-order valence-electron chi connectivity index (χ3n) is 3.59. The zero-order valence-corrected chi connectivity index (χ0v) is 11.5. The van der Waals surface area contributed by atoms with Crippen LogP contribution in [0.1, 0.15) is 40.4 Å². The van der Waals surface area contributed by atoms with Gasteiger partial charge >= 0.3 is 6.01 Å². The lowest BCUT2D eigenvalue weighted by Gasteiger charge is -2.18. The van der Waals surface area contributed by atoms with Gasteiger partial charge in [-0.1, -0.05) is 34.6 Å². The standard InChI is InChI=1S/C13H20N2O3/c1-7-8(2)11(17)15(10(7)16)12-14-6-9(18-12)13(3,4)5/h6-8,10,16H,1-5H3. The fraction of sp³-hybridized carbons (Fsp3) is 0.692. The molecule has 2 rings (SSSR count). The SMILES string of the molecule is CC1C(=O)N(c2ncc(C(C)(C)C)o2)C(O)C1C. The third-order valence-corrected chi connectivity index (χ3v) is 3.59. The minimum atomic E-state index is -0.862. The molecule has 1 N–H and O–H groups in total. The number of aromatic nitrogens is 1. The van der Waals surface area contributed by atoms with Crippen LogP contribution >= 0.6 is 0 Å². The lowest BCUT2D eigenvalue weighted by molar-refractivity contribution is -0.120. The number of anilines is 1. The number of aliphatic hydroxyl groups excluding tert-OH is 1. The van der Waals surface area contributed by atoms with Crippen LogP contribution in [0.15, 0.2) is 10.6 Å². The van der Waals surface area contributed by atoms with E-state index in [1.165, 1.54) is 4.90 Å². The Hall–Kier alpha value is -1.36. The molecule has 0 aliphatic carbocycles. The van der Waals surface area contributed by atoms with Crippen LogP contribution in [0, 0.1) is 11.8 Å². The molecule has 0 saturated carbocycles. The number of hydrogen-bond donors (Lipinski definition) is 1. The number of nitrogens with zero attached hydrogens (tertiary/aromatic N) is 2. The highest BCUT2D eigenvalue weighted by molar-refractivity contribution is 5.95. The first-order valence-corrected chi connectivity index (χ1v) is 6.21. The van der Waals surface area contributed by atoms with Crippen molar-refractivity contribution in [2.75, 3.05) is 4.90 Å². The molecule has 3 unspecified atom stereocenters. The van der Waals surface area contributed by atoms with Crippen LogP contribution in [0.3, 0.4) is 0 Å². The van der Waals surface area contributed by atoms with Gasteiger partial charge in [0.05, 0.1) is 6.20 Å². The van der Waals surface area contributed by atoms with Gasteiger partial charge in [-0.25, -0.2) is 9.88 Å². The maximum absolute atomic E-state index is 12.1. The van der Waals surface area contributed by atoms with E-state index in [-0.39, 0.29) is 29.2 Å². The summed E-state index contributed by atoms with van der Waals surface area (Å²) in [7, 11) is 0. The van der Waals surface area contributed by atoms with Crippen LogP contribution in [-0.4, -0.2) is 22.2 Å². The van der Waals surface area contributed by atoms with Crippen LogP contribution in [0.5, 0.6) is 0 Å². The first-order valence-electron chi connectivity index (χ1n) is 6.21. The van der Waals surface area contributed by atoms with Gasteiger partial charge in [-0.15, -0.1) is 0 Å².